The van der Waals surface area contributed by atoms with Gasteiger partial charge in [0.05, 0.1) is 23.8 Å². The summed E-state index contributed by atoms with van der Waals surface area (Å²) >= 11 is 0. The van der Waals surface area contributed by atoms with Crippen molar-refractivity contribution in [1.29, 1.82) is 0 Å². The second-order valence-corrected chi connectivity index (χ2v) is 5.45. The Bertz CT molecular complexity index is 987. The van der Waals surface area contributed by atoms with E-state index in [2.05, 4.69) is 10.3 Å². The molecule has 1 aromatic heterocycles. The highest BCUT2D eigenvalue weighted by Crippen LogP contribution is 2.33. The van der Waals surface area contributed by atoms with Crippen molar-refractivity contribution >= 4 is 28.4 Å². The maximum absolute atomic E-state index is 12.8. The van der Waals surface area contributed by atoms with Crippen molar-refractivity contribution in [2.45, 2.75) is 6.18 Å². The molecule has 0 aliphatic rings. The molecule has 0 amide bonds. The number of anilines is 2. The number of aromatic nitrogens is 1. The van der Waals surface area contributed by atoms with E-state index in [1.54, 1.807) is 6.07 Å². The Labute approximate surface area is 146 Å². The van der Waals surface area contributed by atoms with Gasteiger partial charge >= 0.3 is 12.1 Å². The van der Waals surface area contributed by atoms with Gasteiger partial charge in [0, 0.05) is 17.1 Å². The molecule has 2 aromatic carbocycles. The molecule has 26 heavy (non-hydrogen) atoms. The molecule has 0 spiro atoms. The lowest BCUT2D eigenvalue weighted by molar-refractivity contribution is -0.137. The summed E-state index contributed by atoms with van der Waals surface area (Å²) in [7, 11) is 1.44. The molecular formula is C18H13F3N2O3. The van der Waals surface area contributed by atoms with Gasteiger partial charge in [0.15, 0.2) is 0 Å². The first kappa shape index (κ1) is 17.5. The highest BCUT2D eigenvalue weighted by molar-refractivity contribution is 5.95. The molecule has 3 aromatic rings. The van der Waals surface area contributed by atoms with Crippen LogP contribution in [0.3, 0.4) is 0 Å². The summed E-state index contributed by atoms with van der Waals surface area (Å²) in [5.41, 5.74) is -0.200. The molecule has 8 heteroatoms. The first-order valence-corrected chi connectivity index (χ1v) is 7.44. The number of carboxylic acid groups (broad SMARTS) is 1. The van der Waals surface area contributed by atoms with Crippen molar-refractivity contribution in [1.82, 2.24) is 4.98 Å². The molecule has 0 bridgehead atoms. The second kappa shape index (κ2) is 6.55. The molecule has 2 N–H and O–H groups in total. The van der Waals surface area contributed by atoms with Gasteiger partial charge in [0.2, 0.25) is 0 Å². The molecule has 0 radical (unpaired) electrons. The van der Waals surface area contributed by atoms with Crippen LogP contribution in [0, 0.1) is 0 Å². The Morgan fingerprint density at radius 2 is 1.92 bits per heavy atom. The Hall–Kier alpha value is -3.29. The van der Waals surface area contributed by atoms with Gasteiger partial charge in [-0.1, -0.05) is 6.07 Å². The number of aromatic carboxylic acids is 1. The number of nitrogens with one attached hydrogen (secondary N) is 1. The number of alkyl halides is 3. The van der Waals surface area contributed by atoms with Crippen LogP contribution in [-0.4, -0.2) is 23.2 Å². The van der Waals surface area contributed by atoms with Gasteiger partial charge in [0.25, 0.3) is 0 Å². The highest BCUT2D eigenvalue weighted by atomic mass is 19.4. The molecule has 1 heterocycles. The van der Waals surface area contributed by atoms with Crippen molar-refractivity contribution in [2.24, 2.45) is 0 Å². The topological polar surface area (TPSA) is 71.5 Å². The summed E-state index contributed by atoms with van der Waals surface area (Å²) < 4.78 is 43.8. The fraction of sp³-hybridized carbons (Fsp3) is 0.111. The van der Waals surface area contributed by atoms with Crippen molar-refractivity contribution < 1.29 is 27.8 Å². The number of hydrogen-bond acceptors (Lipinski definition) is 4. The van der Waals surface area contributed by atoms with Crippen LogP contribution in [0.15, 0.2) is 48.5 Å². The first-order chi connectivity index (χ1) is 12.3. The van der Waals surface area contributed by atoms with E-state index in [4.69, 9.17) is 9.84 Å². The van der Waals surface area contributed by atoms with Gasteiger partial charge in [-0.3, -0.25) is 0 Å². The molecule has 0 fully saturated rings. The number of fused-ring (bicyclic) bond motifs is 1. The molecule has 0 aliphatic heterocycles. The van der Waals surface area contributed by atoms with Crippen LogP contribution >= 0.6 is 0 Å². The molecule has 0 saturated heterocycles. The number of hydrogen-bond donors (Lipinski definition) is 2. The molecule has 3 rings (SSSR count). The summed E-state index contributed by atoms with van der Waals surface area (Å²) in [6, 6.07) is 10.6. The molecule has 134 valence electrons. The predicted octanol–water partition coefficient (Wildman–Crippen LogP) is 4.70. The zero-order chi connectivity index (χ0) is 18.9. The van der Waals surface area contributed by atoms with Crippen LogP contribution in [0.1, 0.15) is 15.9 Å². The summed E-state index contributed by atoms with van der Waals surface area (Å²) in [4.78, 5) is 15.4. The van der Waals surface area contributed by atoms with E-state index in [1.165, 1.54) is 37.4 Å². The smallest absolute Gasteiger partial charge is 0.416 e. The van der Waals surface area contributed by atoms with Gasteiger partial charge in [-0.15, -0.1) is 0 Å². The molecular weight excluding hydrogens is 349 g/mol. The van der Waals surface area contributed by atoms with E-state index in [9.17, 15) is 18.0 Å². The summed E-state index contributed by atoms with van der Waals surface area (Å²) in [5.74, 6) is -0.457. The van der Waals surface area contributed by atoms with Crippen molar-refractivity contribution in [3.63, 3.8) is 0 Å². The lowest BCUT2D eigenvalue weighted by atomic mass is 10.1. The van der Waals surface area contributed by atoms with Gasteiger partial charge in [0.1, 0.15) is 11.6 Å². The number of nitrogens with zero attached hydrogens (tertiary/aromatic N) is 1. The van der Waals surface area contributed by atoms with E-state index in [-0.39, 0.29) is 17.1 Å². The Morgan fingerprint density at radius 1 is 1.15 bits per heavy atom. The normalized spacial score (nSPS) is 11.4. The number of methoxy groups -OCH3 is 1. The fourth-order valence-corrected chi connectivity index (χ4v) is 2.48. The van der Waals surface area contributed by atoms with E-state index < -0.39 is 17.7 Å². The maximum Gasteiger partial charge on any atom is 0.416 e. The molecule has 0 atom stereocenters. The van der Waals surface area contributed by atoms with Crippen LogP contribution in [0.25, 0.3) is 10.9 Å². The molecule has 0 saturated carbocycles. The van der Waals surface area contributed by atoms with Gasteiger partial charge in [-0.05, 0) is 36.4 Å². The highest BCUT2D eigenvalue weighted by Gasteiger charge is 2.30. The number of pyridine rings is 1. The van der Waals surface area contributed by atoms with E-state index >= 15 is 0 Å². The van der Waals surface area contributed by atoms with E-state index in [1.807, 2.05) is 0 Å². The second-order valence-electron chi connectivity index (χ2n) is 5.45. The zero-order valence-corrected chi connectivity index (χ0v) is 13.5. The minimum Gasteiger partial charge on any atom is -0.496 e. The number of carboxylic acids is 1. The van der Waals surface area contributed by atoms with Crippen molar-refractivity contribution in [3.8, 4) is 5.75 Å². The minimum atomic E-state index is -4.46. The summed E-state index contributed by atoms with van der Waals surface area (Å²) in [6.07, 6.45) is -4.46. The number of rotatable bonds is 4. The Kier molecular flexibility index (Phi) is 4.41. The fourth-order valence-electron chi connectivity index (χ4n) is 2.48. The average Bonchev–Trinajstić information content (AvgIpc) is 2.60. The number of halogens is 3. The third-order valence-electron chi connectivity index (χ3n) is 3.70. The molecule has 0 aliphatic carbocycles. The van der Waals surface area contributed by atoms with Crippen LogP contribution in [-0.2, 0) is 6.18 Å². The average molecular weight is 362 g/mol. The zero-order valence-electron chi connectivity index (χ0n) is 13.5. The van der Waals surface area contributed by atoms with Gasteiger partial charge in [-0.2, -0.15) is 13.2 Å². The predicted molar refractivity (Wildman–Crippen MR) is 90.0 cm³/mol. The quantitative estimate of drug-likeness (QED) is 0.704. The largest absolute Gasteiger partial charge is 0.496 e. The molecule has 0 unspecified atom stereocenters. The number of ether oxygens (including phenoxy) is 1. The van der Waals surface area contributed by atoms with Crippen molar-refractivity contribution in [3.05, 3.63) is 59.7 Å². The Balaban J connectivity index is 2.04. The van der Waals surface area contributed by atoms with Crippen LogP contribution in [0.4, 0.5) is 24.7 Å². The molecule has 5 nitrogen and oxygen atoms in total. The number of benzene rings is 2. The maximum atomic E-state index is 12.8. The SMILES string of the molecule is COc1cc(Nc2cccc(C(F)(F)F)c2)nc2cc(C(=O)O)ccc12. The van der Waals surface area contributed by atoms with Crippen LogP contribution in [0.5, 0.6) is 5.75 Å². The lowest BCUT2D eigenvalue weighted by Crippen LogP contribution is -2.05. The number of carbonyl (C=O) groups is 1. The third-order valence-corrected chi connectivity index (χ3v) is 3.70. The monoisotopic (exact) mass is 362 g/mol. The lowest BCUT2D eigenvalue weighted by Gasteiger charge is -2.12. The minimum absolute atomic E-state index is 0.0447. The standard InChI is InChI=1S/C18H13F3N2O3/c1-26-15-9-16(22-12-4-2-3-11(8-12)18(19,20)21)23-14-7-10(17(24)25)5-6-13(14)15/h2-9H,1H3,(H,22,23)(H,24,25). The van der Waals surface area contributed by atoms with Gasteiger partial charge < -0.3 is 15.2 Å². The van der Waals surface area contributed by atoms with Crippen molar-refractivity contribution in [2.75, 3.05) is 12.4 Å². The van der Waals surface area contributed by atoms with E-state index in [0.29, 0.717) is 16.7 Å². The van der Waals surface area contributed by atoms with Crippen LogP contribution < -0.4 is 10.1 Å². The summed E-state index contributed by atoms with van der Waals surface area (Å²) in [5, 5.41) is 12.5. The third kappa shape index (κ3) is 3.53. The Morgan fingerprint density at radius 3 is 2.58 bits per heavy atom. The van der Waals surface area contributed by atoms with Crippen LogP contribution in [0.2, 0.25) is 0 Å². The van der Waals surface area contributed by atoms with E-state index in [0.717, 1.165) is 12.1 Å². The first-order valence-electron chi connectivity index (χ1n) is 7.44. The van der Waals surface area contributed by atoms with Gasteiger partial charge in [-0.25, -0.2) is 9.78 Å². The summed E-state index contributed by atoms with van der Waals surface area (Å²) in [6.45, 7) is 0.